The van der Waals surface area contributed by atoms with E-state index in [-0.39, 0.29) is 51.2 Å². The van der Waals surface area contributed by atoms with Crippen molar-refractivity contribution in [1.29, 1.82) is 5.41 Å². The number of hydrogen-bond donors (Lipinski definition) is 4. The molecule has 0 spiro atoms. The number of thioether (sulfide) groups is 1. The average Bonchev–Trinajstić information content (AvgIpc) is 2.94. The zero-order valence-corrected chi connectivity index (χ0v) is 23.1. The Morgan fingerprint density at radius 3 is 2.66 bits per heavy atom. The summed E-state index contributed by atoms with van der Waals surface area (Å²) < 4.78 is 39.0. The van der Waals surface area contributed by atoms with Gasteiger partial charge in [-0.25, -0.2) is 13.8 Å². The van der Waals surface area contributed by atoms with E-state index in [0.29, 0.717) is 0 Å². The third kappa shape index (κ3) is 7.95. The third-order valence-corrected chi connectivity index (χ3v) is 6.19. The Morgan fingerprint density at radius 1 is 1.27 bits per heavy atom. The molecule has 3 aromatic rings. The molecule has 12 nitrogen and oxygen atoms in total. The number of nitrogens with one attached hydrogen (secondary N) is 2. The van der Waals surface area contributed by atoms with E-state index in [1.165, 1.54) is 55.7 Å². The van der Waals surface area contributed by atoms with Gasteiger partial charge >= 0.3 is 0 Å². The molecule has 15 heteroatoms. The van der Waals surface area contributed by atoms with Crippen LogP contribution in [0.4, 0.5) is 8.78 Å². The Bertz CT molecular complexity index is 1540. The lowest BCUT2D eigenvalue weighted by Crippen LogP contribution is -2.40. The van der Waals surface area contributed by atoms with Crippen LogP contribution in [0.25, 0.3) is 16.9 Å². The number of allylic oxidation sites excluding steroid dienone is 1. The molecule has 0 saturated carbocycles. The lowest BCUT2D eigenvalue weighted by Gasteiger charge is -2.18. The van der Waals surface area contributed by atoms with Crippen molar-refractivity contribution in [2.75, 3.05) is 20.8 Å². The van der Waals surface area contributed by atoms with Crippen LogP contribution < -0.4 is 27.1 Å². The van der Waals surface area contributed by atoms with Crippen molar-refractivity contribution < 1.29 is 23.0 Å². The number of halogens is 2. The molecule has 3 rings (SSSR count). The normalized spacial score (nSPS) is 12.4. The Kier molecular flexibility index (Phi) is 10.7. The minimum Gasteiger partial charge on any atom is -0.494 e. The van der Waals surface area contributed by atoms with E-state index in [9.17, 15) is 18.4 Å². The lowest BCUT2D eigenvalue weighted by molar-refractivity contribution is 0.0951. The van der Waals surface area contributed by atoms with Crippen molar-refractivity contribution in [2.24, 2.45) is 16.5 Å². The molecular formula is C26H28F2N8O4S. The molecular weight excluding hydrogens is 558 g/mol. The van der Waals surface area contributed by atoms with Crippen molar-refractivity contribution in [3.05, 3.63) is 82.0 Å². The van der Waals surface area contributed by atoms with Gasteiger partial charge in [0.15, 0.2) is 5.76 Å². The summed E-state index contributed by atoms with van der Waals surface area (Å²) in [5, 5.41) is 10.6. The van der Waals surface area contributed by atoms with Crippen molar-refractivity contribution >= 4 is 28.9 Å². The predicted molar refractivity (Wildman–Crippen MR) is 153 cm³/mol. The van der Waals surface area contributed by atoms with Gasteiger partial charge in [0, 0.05) is 42.8 Å². The van der Waals surface area contributed by atoms with E-state index < -0.39 is 23.5 Å². The molecule has 1 amide bonds. The quantitative estimate of drug-likeness (QED) is 0.114. The number of aliphatic imine (C=N–C) groups is 1. The summed E-state index contributed by atoms with van der Waals surface area (Å²) in [5.74, 6) is -0.236. The number of carbonyl (C=O) groups excluding carboxylic acids is 1. The number of amides is 1. The first-order chi connectivity index (χ1) is 19.6. The van der Waals surface area contributed by atoms with E-state index in [0.717, 1.165) is 29.6 Å². The van der Waals surface area contributed by atoms with Crippen LogP contribution in [0.15, 0.2) is 64.6 Å². The van der Waals surface area contributed by atoms with Crippen LogP contribution in [-0.4, -0.2) is 58.0 Å². The van der Waals surface area contributed by atoms with Crippen molar-refractivity contribution in [2.45, 2.75) is 18.8 Å². The number of alkyl halides is 2. The molecule has 3 aromatic heterocycles. The number of ether oxygens (including phenoxy) is 2. The van der Waals surface area contributed by atoms with Crippen LogP contribution >= 0.6 is 11.8 Å². The highest BCUT2D eigenvalue weighted by Gasteiger charge is 2.23. The maximum Gasteiger partial charge on any atom is 0.280 e. The summed E-state index contributed by atoms with van der Waals surface area (Å²) in [6, 6.07) is 5.60. The molecule has 0 saturated heterocycles. The van der Waals surface area contributed by atoms with E-state index >= 15 is 0 Å². The average molecular weight is 587 g/mol. The third-order valence-electron chi connectivity index (χ3n) is 5.41. The van der Waals surface area contributed by atoms with Crippen LogP contribution in [-0.2, 0) is 4.74 Å². The molecule has 216 valence electrons. The summed E-state index contributed by atoms with van der Waals surface area (Å²) in [4.78, 5) is 37.7. The van der Waals surface area contributed by atoms with Crippen molar-refractivity contribution in [3.8, 4) is 22.7 Å². The Balaban J connectivity index is 1.98. The topological polar surface area (TPSA) is 184 Å². The van der Waals surface area contributed by atoms with Gasteiger partial charge in [0.1, 0.15) is 34.4 Å². The number of carbonyl (C=O) groups is 1. The van der Waals surface area contributed by atoms with Crippen LogP contribution in [0.1, 0.15) is 28.0 Å². The van der Waals surface area contributed by atoms with Gasteiger partial charge in [-0.2, -0.15) is 0 Å². The second kappa shape index (κ2) is 14.1. The van der Waals surface area contributed by atoms with E-state index in [1.807, 2.05) is 0 Å². The number of pyridine rings is 3. The fourth-order valence-electron chi connectivity index (χ4n) is 3.53. The van der Waals surface area contributed by atoms with Gasteiger partial charge in [0.25, 0.3) is 17.9 Å². The smallest absolute Gasteiger partial charge is 0.280 e. The summed E-state index contributed by atoms with van der Waals surface area (Å²) in [5.41, 5.74) is 10.4. The number of hydrogen-bond acceptors (Lipinski definition) is 11. The second-order valence-electron chi connectivity index (χ2n) is 8.29. The summed E-state index contributed by atoms with van der Waals surface area (Å²) in [6.07, 6.45) is 3.48. The highest BCUT2D eigenvalue weighted by atomic mass is 32.2. The monoisotopic (exact) mass is 586 g/mol. The van der Waals surface area contributed by atoms with Crippen LogP contribution in [0.5, 0.6) is 5.75 Å². The number of nitrogens with zero attached hydrogens (tertiary/aromatic N) is 4. The molecule has 0 radical (unpaired) electrons. The van der Waals surface area contributed by atoms with Gasteiger partial charge < -0.3 is 26.3 Å². The highest BCUT2D eigenvalue weighted by molar-refractivity contribution is 8.14. The minimum atomic E-state index is -2.89. The first kappa shape index (κ1) is 30.9. The molecule has 0 aliphatic carbocycles. The molecule has 0 fully saturated rings. The zero-order valence-electron chi connectivity index (χ0n) is 22.3. The molecule has 6 N–H and O–H groups in total. The zero-order chi connectivity index (χ0) is 30.1. The Hall–Kier alpha value is -4.63. The summed E-state index contributed by atoms with van der Waals surface area (Å²) >= 11 is 0.804. The molecule has 3 heterocycles. The maximum atomic E-state index is 13.6. The molecule has 0 bridgehead atoms. The molecule has 0 aliphatic rings. The van der Waals surface area contributed by atoms with E-state index in [4.69, 9.17) is 26.4 Å². The van der Waals surface area contributed by atoms with Crippen molar-refractivity contribution in [3.63, 3.8) is 0 Å². The number of aromatic nitrogens is 3. The van der Waals surface area contributed by atoms with Gasteiger partial charge in [0.2, 0.25) is 0 Å². The summed E-state index contributed by atoms with van der Waals surface area (Å²) in [7, 11) is 2.86. The largest absolute Gasteiger partial charge is 0.494 e. The van der Waals surface area contributed by atoms with Crippen LogP contribution in [0.3, 0.4) is 0 Å². The van der Waals surface area contributed by atoms with Gasteiger partial charge in [-0.15, -0.1) is 0 Å². The number of nitrogens with two attached hydrogens (primary N) is 2. The maximum absolute atomic E-state index is 13.6. The number of aryl methyl sites for hydroxylation is 1. The molecule has 0 aliphatic heterocycles. The molecule has 0 aromatic carbocycles. The fourth-order valence-corrected chi connectivity index (χ4v) is 4.13. The standard InChI is InChI=1S/C26H28F2N8O4S/c1-14-4-5-36(23(37)6-14)22-8-16(17-7-19(24(27)28)33-12-20(17)39-3)18(11-34-22)25(38)35-26(31)41-21(30)13-40-15(9-29)10-32-2/h4-12,24,26,30H,13,29,31H2,1-3H3,(H,35,38)/b15-9+,30-21?,32-10?. The van der Waals surface area contributed by atoms with Crippen LogP contribution in [0.2, 0.25) is 0 Å². The van der Waals surface area contributed by atoms with Crippen molar-refractivity contribution in [1.82, 2.24) is 19.9 Å². The number of methoxy groups -OCH3 is 1. The van der Waals surface area contributed by atoms with Gasteiger partial charge in [-0.05, 0) is 30.7 Å². The molecule has 41 heavy (non-hydrogen) atoms. The first-order valence-corrected chi connectivity index (χ1v) is 12.8. The summed E-state index contributed by atoms with van der Waals surface area (Å²) in [6.45, 7) is 1.58. The molecule has 1 atom stereocenters. The number of rotatable bonds is 11. The Labute approximate surface area is 238 Å². The fraction of sp³-hybridized carbons (Fsp3) is 0.231. The first-order valence-electron chi connectivity index (χ1n) is 11.9. The molecule has 1 unspecified atom stereocenters. The van der Waals surface area contributed by atoms with Gasteiger partial charge in [0.05, 0.1) is 25.1 Å². The minimum absolute atomic E-state index is 0.0218. The van der Waals surface area contributed by atoms with E-state index in [2.05, 4.69) is 20.3 Å². The highest BCUT2D eigenvalue weighted by Crippen LogP contribution is 2.35. The Morgan fingerprint density at radius 2 is 2.02 bits per heavy atom. The lowest BCUT2D eigenvalue weighted by atomic mass is 10.00. The van der Waals surface area contributed by atoms with Gasteiger partial charge in [-0.3, -0.25) is 29.5 Å². The SMILES string of the molecule is CN=C/C(=C\N)OCC(=N)SC(N)NC(=O)c1cnc(-n2ccc(C)cc2=O)cc1-c1cc(C(F)F)ncc1OC. The second-order valence-corrected chi connectivity index (χ2v) is 9.53. The van der Waals surface area contributed by atoms with Gasteiger partial charge in [-0.1, -0.05) is 11.8 Å². The van der Waals surface area contributed by atoms with Crippen LogP contribution in [0, 0.1) is 12.3 Å². The van der Waals surface area contributed by atoms with E-state index in [1.54, 1.807) is 13.0 Å². The predicted octanol–water partition coefficient (Wildman–Crippen LogP) is 2.75.